The SMILES string of the molecule is CCCN(C(=O)CC#N)C(=O)NCCc1ccc(N)cc1. The van der Waals surface area contributed by atoms with E-state index in [1.54, 1.807) is 18.2 Å². The summed E-state index contributed by atoms with van der Waals surface area (Å²) < 4.78 is 0. The lowest BCUT2D eigenvalue weighted by atomic mass is 10.1. The molecule has 6 heteroatoms. The van der Waals surface area contributed by atoms with Gasteiger partial charge in [-0.2, -0.15) is 5.26 Å². The average Bonchev–Trinajstić information content (AvgIpc) is 2.47. The van der Waals surface area contributed by atoms with E-state index < -0.39 is 11.9 Å². The number of nitriles is 1. The maximum atomic E-state index is 12.0. The largest absolute Gasteiger partial charge is 0.399 e. The Morgan fingerprint density at radius 2 is 2.00 bits per heavy atom. The molecule has 0 atom stereocenters. The third-order valence-corrected chi connectivity index (χ3v) is 2.89. The zero-order valence-corrected chi connectivity index (χ0v) is 12.1. The summed E-state index contributed by atoms with van der Waals surface area (Å²) in [6, 6.07) is 8.71. The Morgan fingerprint density at radius 1 is 1.33 bits per heavy atom. The number of amides is 3. The predicted molar refractivity (Wildman–Crippen MR) is 80.2 cm³/mol. The summed E-state index contributed by atoms with van der Waals surface area (Å²) in [7, 11) is 0. The molecule has 0 saturated heterocycles. The number of nitrogen functional groups attached to an aromatic ring is 1. The second-order valence-electron chi connectivity index (χ2n) is 4.60. The molecule has 0 aliphatic rings. The zero-order chi connectivity index (χ0) is 15.7. The summed E-state index contributed by atoms with van der Waals surface area (Å²) in [5.74, 6) is -0.468. The molecule has 1 aromatic carbocycles. The maximum absolute atomic E-state index is 12.0. The van der Waals surface area contributed by atoms with Gasteiger partial charge in [0.1, 0.15) is 6.42 Å². The van der Waals surface area contributed by atoms with Crippen molar-refractivity contribution in [2.45, 2.75) is 26.2 Å². The van der Waals surface area contributed by atoms with Crippen molar-refractivity contribution in [2.75, 3.05) is 18.8 Å². The number of benzene rings is 1. The van der Waals surface area contributed by atoms with E-state index in [0.29, 0.717) is 31.6 Å². The molecule has 1 rings (SSSR count). The molecule has 0 spiro atoms. The second kappa shape index (κ2) is 8.59. The maximum Gasteiger partial charge on any atom is 0.324 e. The molecule has 0 fully saturated rings. The number of nitrogens with one attached hydrogen (secondary N) is 1. The molecule has 3 N–H and O–H groups in total. The van der Waals surface area contributed by atoms with Crippen LogP contribution in [0, 0.1) is 11.3 Å². The number of hydrogen-bond donors (Lipinski definition) is 2. The summed E-state index contributed by atoms with van der Waals surface area (Å²) in [4.78, 5) is 24.7. The molecular weight excluding hydrogens is 268 g/mol. The van der Waals surface area contributed by atoms with E-state index in [2.05, 4.69) is 5.32 Å². The van der Waals surface area contributed by atoms with Gasteiger partial charge >= 0.3 is 6.03 Å². The van der Waals surface area contributed by atoms with Crippen LogP contribution < -0.4 is 11.1 Å². The van der Waals surface area contributed by atoms with E-state index in [4.69, 9.17) is 11.0 Å². The van der Waals surface area contributed by atoms with Crippen molar-refractivity contribution >= 4 is 17.6 Å². The lowest BCUT2D eigenvalue weighted by molar-refractivity contribution is -0.127. The lowest BCUT2D eigenvalue weighted by Crippen LogP contribution is -2.44. The van der Waals surface area contributed by atoms with Crippen molar-refractivity contribution in [3.8, 4) is 6.07 Å². The molecule has 0 radical (unpaired) electrons. The Bertz CT molecular complexity index is 519. The quantitative estimate of drug-likeness (QED) is 0.778. The first-order valence-electron chi connectivity index (χ1n) is 6.88. The molecule has 3 amide bonds. The van der Waals surface area contributed by atoms with Gasteiger partial charge in [-0.25, -0.2) is 4.79 Å². The van der Waals surface area contributed by atoms with Crippen LogP contribution in [0.5, 0.6) is 0 Å². The fourth-order valence-corrected chi connectivity index (χ4v) is 1.82. The van der Waals surface area contributed by atoms with Crippen molar-refractivity contribution in [1.82, 2.24) is 10.2 Å². The van der Waals surface area contributed by atoms with Crippen LogP contribution in [-0.4, -0.2) is 29.9 Å². The molecule has 0 bridgehead atoms. The highest BCUT2D eigenvalue weighted by Crippen LogP contribution is 2.05. The van der Waals surface area contributed by atoms with E-state index in [1.165, 1.54) is 0 Å². The Balaban J connectivity index is 2.48. The number of hydrogen-bond acceptors (Lipinski definition) is 4. The number of rotatable bonds is 6. The third kappa shape index (κ3) is 5.53. The van der Waals surface area contributed by atoms with Gasteiger partial charge in [0.25, 0.3) is 0 Å². The van der Waals surface area contributed by atoms with Crippen molar-refractivity contribution in [1.29, 1.82) is 5.26 Å². The average molecular weight is 288 g/mol. The molecule has 0 aromatic heterocycles. The molecule has 6 nitrogen and oxygen atoms in total. The van der Waals surface area contributed by atoms with Gasteiger partial charge in [-0.15, -0.1) is 0 Å². The highest BCUT2D eigenvalue weighted by atomic mass is 16.2. The van der Waals surface area contributed by atoms with Gasteiger partial charge in [-0.05, 0) is 30.5 Å². The molecule has 0 aliphatic carbocycles. The van der Waals surface area contributed by atoms with Crippen molar-refractivity contribution in [3.05, 3.63) is 29.8 Å². The van der Waals surface area contributed by atoms with Crippen LogP contribution in [0.1, 0.15) is 25.3 Å². The number of anilines is 1. The minimum absolute atomic E-state index is 0.286. The minimum atomic E-state index is -0.468. The zero-order valence-electron chi connectivity index (χ0n) is 12.1. The van der Waals surface area contributed by atoms with Crippen LogP contribution in [0.25, 0.3) is 0 Å². The molecule has 0 saturated carbocycles. The predicted octanol–water partition coefficient (Wildman–Crippen LogP) is 1.67. The molecule has 0 unspecified atom stereocenters. The number of carbonyl (C=O) groups is 2. The first-order valence-corrected chi connectivity index (χ1v) is 6.88. The summed E-state index contributed by atoms with van der Waals surface area (Å²) >= 11 is 0. The van der Waals surface area contributed by atoms with Crippen molar-refractivity contribution in [2.24, 2.45) is 0 Å². The highest BCUT2D eigenvalue weighted by molar-refractivity contribution is 5.95. The highest BCUT2D eigenvalue weighted by Gasteiger charge is 2.19. The Hall–Kier alpha value is -2.55. The molecule has 1 aromatic rings. The number of carbonyl (C=O) groups excluding carboxylic acids is 2. The van der Waals surface area contributed by atoms with Gasteiger partial charge in [0.2, 0.25) is 5.91 Å². The molecular formula is C15H20N4O2. The second-order valence-corrected chi connectivity index (χ2v) is 4.60. The number of nitrogens with two attached hydrogens (primary N) is 1. The third-order valence-electron chi connectivity index (χ3n) is 2.89. The number of urea groups is 1. The van der Waals surface area contributed by atoms with Crippen LogP contribution in [-0.2, 0) is 11.2 Å². The van der Waals surface area contributed by atoms with E-state index in [1.807, 2.05) is 19.1 Å². The van der Waals surface area contributed by atoms with Gasteiger partial charge in [0, 0.05) is 18.8 Å². The molecule has 0 heterocycles. The summed E-state index contributed by atoms with van der Waals surface area (Å²) in [5, 5.41) is 11.2. The van der Waals surface area contributed by atoms with Gasteiger partial charge in [0.05, 0.1) is 6.07 Å². The van der Waals surface area contributed by atoms with E-state index in [-0.39, 0.29) is 6.42 Å². The Labute approximate surface area is 124 Å². The van der Waals surface area contributed by atoms with E-state index in [0.717, 1.165) is 10.5 Å². The molecule has 112 valence electrons. The van der Waals surface area contributed by atoms with Crippen LogP contribution in [0.15, 0.2) is 24.3 Å². The van der Waals surface area contributed by atoms with Gasteiger partial charge in [0.15, 0.2) is 0 Å². The van der Waals surface area contributed by atoms with Crippen molar-refractivity contribution in [3.63, 3.8) is 0 Å². The standard InChI is InChI=1S/C15H20N4O2/c1-2-11-19(14(20)7-9-16)15(21)18-10-8-12-3-5-13(17)6-4-12/h3-6H,2,7-8,10-11,17H2,1H3,(H,18,21). The fourth-order valence-electron chi connectivity index (χ4n) is 1.82. The van der Waals surface area contributed by atoms with Gasteiger partial charge < -0.3 is 11.1 Å². The minimum Gasteiger partial charge on any atom is -0.399 e. The van der Waals surface area contributed by atoms with Crippen molar-refractivity contribution < 1.29 is 9.59 Å². The first kappa shape index (κ1) is 16.5. The smallest absolute Gasteiger partial charge is 0.324 e. The van der Waals surface area contributed by atoms with Crippen LogP contribution in [0.4, 0.5) is 10.5 Å². The molecule has 0 aliphatic heterocycles. The summed E-state index contributed by atoms with van der Waals surface area (Å²) in [6.07, 6.45) is 1.02. The van der Waals surface area contributed by atoms with E-state index >= 15 is 0 Å². The number of imide groups is 1. The topological polar surface area (TPSA) is 99.2 Å². The normalized spacial score (nSPS) is 9.71. The van der Waals surface area contributed by atoms with Crippen LogP contribution in [0.2, 0.25) is 0 Å². The molecule has 21 heavy (non-hydrogen) atoms. The first-order chi connectivity index (χ1) is 10.1. The fraction of sp³-hybridized carbons (Fsp3) is 0.400. The van der Waals surface area contributed by atoms with Crippen LogP contribution >= 0.6 is 0 Å². The van der Waals surface area contributed by atoms with E-state index in [9.17, 15) is 9.59 Å². The monoisotopic (exact) mass is 288 g/mol. The summed E-state index contributed by atoms with van der Waals surface area (Å²) in [5.41, 5.74) is 7.34. The Morgan fingerprint density at radius 3 is 2.57 bits per heavy atom. The summed E-state index contributed by atoms with van der Waals surface area (Å²) in [6.45, 7) is 2.60. The van der Waals surface area contributed by atoms with Gasteiger partial charge in [-0.3, -0.25) is 9.69 Å². The number of nitrogens with zero attached hydrogens (tertiary/aromatic N) is 2. The van der Waals surface area contributed by atoms with Crippen LogP contribution in [0.3, 0.4) is 0 Å². The Kier molecular flexibility index (Phi) is 6.75. The lowest BCUT2D eigenvalue weighted by Gasteiger charge is -2.19. The van der Waals surface area contributed by atoms with Gasteiger partial charge in [-0.1, -0.05) is 19.1 Å².